The molecule has 0 aromatic heterocycles. The van der Waals surface area contributed by atoms with Crippen LogP contribution in [0.15, 0.2) is 5.10 Å². The minimum atomic E-state index is -3.13. The van der Waals surface area contributed by atoms with E-state index >= 15 is 0 Å². The molecule has 9 heteroatoms. The Balaban J connectivity index is 1.48. The average Bonchev–Trinajstić information content (AvgIpc) is 3.00. The highest BCUT2D eigenvalue weighted by Gasteiger charge is 2.45. The first kappa shape index (κ1) is 18.9. The van der Waals surface area contributed by atoms with E-state index in [1.54, 1.807) is 4.90 Å². The predicted octanol–water partition coefficient (Wildman–Crippen LogP) is 0.306. The number of hydrogen-bond acceptors (Lipinski definition) is 6. The maximum absolute atomic E-state index is 13.0. The Hall–Kier alpha value is -1.48. The Labute approximate surface area is 159 Å². The van der Waals surface area contributed by atoms with Gasteiger partial charge >= 0.3 is 0 Å². The molecule has 1 N–H and O–H groups in total. The van der Waals surface area contributed by atoms with Gasteiger partial charge < -0.3 is 10.0 Å². The fraction of sp³-hybridized carbons (Fsp3) is 0.833. The summed E-state index contributed by atoms with van der Waals surface area (Å²) in [6, 6.07) is -0.463. The van der Waals surface area contributed by atoms with Gasteiger partial charge in [0.2, 0.25) is 5.91 Å². The number of sulfone groups is 1. The van der Waals surface area contributed by atoms with Gasteiger partial charge in [0.15, 0.2) is 9.84 Å². The van der Waals surface area contributed by atoms with Crippen molar-refractivity contribution in [3.8, 4) is 0 Å². The van der Waals surface area contributed by atoms with Crippen molar-refractivity contribution in [3.63, 3.8) is 0 Å². The smallest absolute Gasteiger partial charge is 0.270 e. The summed E-state index contributed by atoms with van der Waals surface area (Å²) in [5, 5.41) is 16.3. The molecular formula is C18H27N3O5S. The largest absolute Gasteiger partial charge is 0.389 e. The van der Waals surface area contributed by atoms with Gasteiger partial charge in [-0.15, -0.1) is 0 Å². The Kier molecular flexibility index (Phi) is 4.78. The third-order valence-electron chi connectivity index (χ3n) is 6.58. The predicted molar refractivity (Wildman–Crippen MR) is 98.7 cm³/mol. The van der Waals surface area contributed by atoms with Crippen LogP contribution in [-0.2, 0) is 19.4 Å². The minimum absolute atomic E-state index is 0.0621. The van der Waals surface area contributed by atoms with Crippen LogP contribution >= 0.6 is 0 Å². The number of amides is 2. The van der Waals surface area contributed by atoms with Crippen molar-refractivity contribution in [1.29, 1.82) is 0 Å². The van der Waals surface area contributed by atoms with Crippen molar-refractivity contribution >= 4 is 27.4 Å². The molecule has 3 fully saturated rings. The third kappa shape index (κ3) is 3.63. The second kappa shape index (κ2) is 6.84. The maximum Gasteiger partial charge on any atom is 0.270 e. The molecule has 1 saturated carbocycles. The molecule has 3 atom stereocenters. The van der Waals surface area contributed by atoms with E-state index in [-0.39, 0.29) is 35.7 Å². The SMILES string of the molecule is O=C(C1=NN(C2CCS(=O)(=O)C2)C(=O)CC1)N1CCC2(O)CCCCC2C1. The number of nitrogens with zero attached hydrogens (tertiary/aromatic N) is 3. The van der Waals surface area contributed by atoms with Gasteiger partial charge in [0.25, 0.3) is 5.91 Å². The van der Waals surface area contributed by atoms with Crippen LogP contribution in [0.25, 0.3) is 0 Å². The van der Waals surface area contributed by atoms with Gasteiger partial charge in [0, 0.05) is 31.8 Å². The fourth-order valence-electron chi connectivity index (χ4n) is 4.92. The number of carbonyl (C=O) groups is 2. The lowest BCUT2D eigenvalue weighted by Crippen LogP contribution is -2.56. The Morgan fingerprint density at radius 3 is 2.74 bits per heavy atom. The molecule has 0 aromatic carbocycles. The molecule has 150 valence electrons. The highest BCUT2D eigenvalue weighted by Crippen LogP contribution is 2.40. The second-order valence-corrected chi connectivity index (χ2v) is 10.6. The molecular weight excluding hydrogens is 370 g/mol. The lowest BCUT2D eigenvalue weighted by atomic mass is 9.71. The monoisotopic (exact) mass is 397 g/mol. The van der Waals surface area contributed by atoms with Crippen molar-refractivity contribution in [3.05, 3.63) is 0 Å². The van der Waals surface area contributed by atoms with Crippen LogP contribution < -0.4 is 0 Å². The summed E-state index contributed by atoms with van der Waals surface area (Å²) in [4.78, 5) is 27.0. The van der Waals surface area contributed by atoms with E-state index in [2.05, 4.69) is 5.10 Å². The number of fused-ring (bicyclic) bond motifs is 1. The highest BCUT2D eigenvalue weighted by atomic mass is 32.2. The number of likely N-dealkylation sites (tertiary alicyclic amines) is 1. The lowest BCUT2D eigenvalue weighted by molar-refractivity contribution is -0.137. The van der Waals surface area contributed by atoms with Gasteiger partial charge in [-0.1, -0.05) is 12.8 Å². The maximum atomic E-state index is 13.0. The van der Waals surface area contributed by atoms with Crippen LogP contribution in [0.5, 0.6) is 0 Å². The van der Waals surface area contributed by atoms with E-state index in [1.165, 1.54) is 5.01 Å². The Bertz CT molecular complexity index is 780. The summed E-state index contributed by atoms with van der Waals surface area (Å²) in [6.45, 7) is 1.02. The van der Waals surface area contributed by atoms with E-state index in [1.807, 2.05) is 0 Å². The molecule has 4 rings (SSSR count). The number of rotatable bonds is 2. The highest BCUT2D eigenvalue weighted by molar-refractivity contribution is 7.91. The first-order chi connectivity index (χ1) is 12.8. The average molecular weight is 397 g/mol. The topological polar surface area (TPSA) is 107 Å². The first-order valence-corrected chi connectivity index (χ1v) is 11.7. The molecule has 3 aliphatic heterocycles. The normalized spacial score (nSPS) is 36.3. The van der Waals surface area contributed by atoms with Crippen LogP contribution in [0.2, 0.25) is 0 Å². The van der Waals surface area contributed by atoms with Crippen molar-refractivity contribution in [2.75, 3.05) is 24.6 Å². The number of piperidine rings is 1. The Morgan fingerprint density at radius 2 is 2.00 bits per heavy atom. The summed E-state index contributed by atoms with van der Waals surface area (Å²) in [5.74, 6) is -0.310. The van der Waals surface area contributed by atoms with Crippen LogP contribution in [0.4, 0.5) is 0 Å². The van der Waals surface area contributed by atoms with Crippen LogP contribution in [0.3, 0.4) is 0 Å². The van der Waals surface area contributed by atoms with E-state index in [4.69, 9.17) is 0 Å². The van der Waals surface area contributed by atoms with E-state index in [9.17, 15) is 23.1 Å². The molecule has 1 aliphatic carbocycles. The first-order valence-electron chi connectivity index (χ1n) is 9.89. The molecule has 4 aliphatic rings. The standard InChI is InChI=1S/C18H27N3O5S/c22-16-5-4-15(19-21(16)14-6-10-27(25,26)12-14)17(23)20-9-8-18(24)7-2-1-3-13(18)11-20/h13-14,24H,1-12H2. The minimum Gasteiger partial charge on any atom is -0.389 e. The van der Waals surface area contributed by atoms with Crippen LogP contribution in [0, 0.1) is 5.92 Å². The summed E-state index contributed by atoms with van der Waals surface area (Å²) in [6.07, 6.45) is 5.28. The van der Waals surface area contributed by atoms with Gasteiger partial charge in [-0.05, 0) is 25.7 Å². The zero-order valence-corrected chi connectivity index (χ0v) is 16.3. The molecule has 8 nitrogen and oxygen atoms in total. The van der Waals surface area contributed by atoms with E-state index in [0.717, 1.165) is 25.7 Å². The Morgan fingerprint density at radius 1 is 1.19 bits per heavy atom. The molecule has 0 spiro atoms. The van der Waals surface area contributed by atoms with Gasteiger partial charge in [-0.2, -0.15) is 5.10 Å². The summed E-state index contributed by atoms with van der Waals surface area (Å²) >= 11 is 0. The molecule has 0 bridgehead atoms. The molecule has 0 radical (unpaired) electrons. The van der Waals surface area contributed by atoms with Crippen molar-refractivity contribution in [2.24, 2.45) is 11.0 Å². The van der Waals surface area contributed by atoms with Crippen molar-refractivity contribution < 1.29 is 23.1 Å². The molecule has 2 saturated heterocycles. The quantitative estimate of drug-likeness (QED) is 0.721. The summed E-state index contributed by atoms with van der Waals surface area (Å²) < 4.78 is 23.5. The zero-order valence-electron chi connectivity index (χ0n) is 15.5. The van der Waals surface area contributed by atoms with Gasteiger partial charge in [0.05, 0.1) is 23.1 Å². The lowest BCUT2D eigenvalue weighted by Gasteiger charge is -2.47. The van der Waals surface area contributed by atoms with Crippen LogP contribution in [-0.4, -0.2) is 77.2 Å². The molecule has 2 amide bonds. The van der Waals surface area contributed by atoms with Crippen molar-refractivity contribution in [1.82, 2.24) is 9.91 Å². The fourth-order valence-corrected chi connectivity index (χ4v) is 6.61. The molecule has 0 aromatic rings. The van der Waals surface area contributed by atoms with Gasteiger partial charge in [-0.25, -0.2) is 13.4 Å². The number of hydrogen-bond donors (Lipinski definition) is 1. The summed E-state index contributed by atoms with van der Waals surface area (Å²) in [5.41, 5.74) is -0.316. The summed E-state index contributed by atoms with van der Waals surface area (Å²) in [7, 11) is -3.13. The number of hydrazone groups is 1. The molecule has 3 unspecified atom stereocenters. The second-order valence-electron chi connectivity index (χ2n) is 8.39. The van der Waals surface area contributed by atoms with E-state index in [0.29, 0.717) is 38.1 Å². The van der Waals surface area contributed by atoms with Gasteiger partial charge in [-0.3, -0.25) is 9.59 Å². The van der Waals surface area contributed by atoms with E-state index < -0.39 is 21.5 Å². The van der Waals surface area contributed by atoms with Crippen molar-refractivity contribution in [2.45, 2.75) is 63.0 Å². The molecule has 27 heavy (non-hydrogen) atoms. The number of aliphatic hydroxyl groups is 1. The number of carbonyl (C=O) groups excluding carboxylic acids is 2. The zero-order chi connectivity index (χ0) is 19.2. The van der Waals surface area contributed by atoms with Crippen LogP contribution in [0.1, 0.15) is 51.4 Å². The molecule has 3 heterocycles. The van der Waals surface area contributed by atoms with Gasteiger partial charge in [0.1, 0.15) is 5.71 Å². The third-order valence-corrected chi connectivity index (χ3v) is 8.33.